The lowest BCUT2D eigenvalue weighted by molar-refractivity contribution is 1.05. The predicted molar refractivity (Wildman–Crippen MR) is 252 cm³/mol. The van der Waals surface area contributed by atoms with Crippen molar-refractivity contribution < 1.29 is 0 Å². The molecule has 0 fully saturated rings. The summed E-state index contributed by atoms with van der Waals surface area (Å²) in [6, 6.07) is 44.5. The first kappa shape index (κ1) is 41.0. The fourth-order valence-corrected chi connectivity index (χ4v) is 7.53. The highest BCUT2D eigenvalue weighted by Crippen LogP contribution is 2.38. The van der Waals surface area contributed by atoms with Gasteiger partial charge in [0.2, 0.25) is 0 Å². The Morgan fingerprint density at radius 2 is 1.52 bits per heavy atom. The molecule has 7 rings (SSSR count). The van der Waals surface area contributed by atoms with Gasteiger partial charge in [-0.1, -0.05) is 147 Å². The maximum Gasteiger partial charge on any atom is 0.0541 e. The summed E-state index contributed by atoms with van der Waals surface area (Å²) in [6.07, 6.45) is 22.0. The lowest BCUT2D eigenvalue weighted by atomic mass is 10.0. The predicted octanol–water partition coefficient (Wildman–Crippen LogP) is 11.3. The summed E-state index contributed by atoms with van der Waals surface area (Å²) >= 11 is 0. The average molecular weight is 761 g/mol. The Balaban J connectivity index is 0.000000633. The summed E-state index contributed by atoms with van der Waals surface area (Å²) in [7, 11) is 0. The highest BCUT2D eigenvalue weighted by atomic mass is 15.2. The van der Waals surface area contributed by atoms with Crippen molar-refractivity contribution in [3.05, 3.63) is 226 Å². The summed E-state index contributed by atoms with van der Waals surface area (Å²) in [5.41, 5.74) is 25.7. The molecule has 0 atom stereocenters. The third-order valence-corrected chi connectivity index (χ3v) is 10.4. The number of nitrogens with two attached hydrogens (primary N) is 2. The minimum Gasteiger partial charge on any atom is -0.398 e. The first-order valence-electron chi connectivity index (χ1n) is 20.3. The summed E-state index contributed by atoms with van der Waals surface area (Å²) in [5.74, 6) is 0. The van der Waals surface area contributed by atoms with E-state index in [2.05, 4.69) is 171 Å². The summed E-state index contributed by atoms with van der Waals surface area (Å²) < 4.78 is 2.41. The van der Waals surface area contributed by atoms with Crippen LogP contribution in [0.15, 0.2) is 188 Å². The van der Waals surface area contributed by atoms with Crippen LogP contribution in [0.5, 0.6) is 0 Å². The van der Waals surface area contributed by atoms with Crippen molar-refractivity contribution in [1.29, 1.82) is 0 Å². The number of rotatable bonds is 11. The maximum absolute atomic E-state index is 6.44. The van der Waals surface area contributed by atoms with Crippen molar-refractivity contribution in [3.8, 4) is 5.69 Å². The van der Waals surface area contributed by atoms with Gasteiger partial charge in [-0.3, -0.25) is 0 Å². The molecule has 292 valence electrons. The van der Waals surface area contributed by atoms with Crippen molar-refractivity contribution in [2.24, 2.45) is 11.5 Å². The molecule has 0 saturated heterocycles. The summed E-state index contributed by atoms with van der Waals surface area (Å²) in [6.45, 7) is 13.2. The molecule has 4 nitrogen and oxygen atoms in total. The molecule has 4 N–H and O–H groups in total. The molecule has 2 heterocycles. The molecule has 0 amide bonds. The largest absolute Gasteiger partial charge is 0.398 e. The van der Waals surface area contributed by atoms with Gasteiger partial charge in [0.15, 0.2) is 0 Å². The van der Waals surface area contributed by atoms with E-state index in [1.165, 1.54) is 60.7 Å². The molecular weight excluding hydrogens is 705 g/mol. The fraction of sp³-hybridized carbons (Fsp3) is 0.148. The van der Waals surface area contributed by atoms with Crippen LogP contribution in [-0.4, -0.2) is 4.57 Å². The number of para-hydroxylation sites is 1. The second-order valence-electron chi connectivity index (χ2n) is 14.3. The normalized spacial score (nSPS) is 14.7. The van der Waals surface area contributed by atoms with Gasteiger partial charge in [0, 0.05) is 57.4 Å². The molecule has 0 saturated carbocycles. The van der Waals surface area contributed by atoms with Crippen LogP contribution in [0.1, 0.15) is 61.9 Å². The van der Waals surface area contributed by atoms with E-state index in [-0.39, 0.29) is 0 Å². The minimum absolute atomic E-state index is 0.640. The molecule has 1 aliphatic rings. The Morgan fingerprint density at radius 1 is 0.793 bits per heavy atom. The Morgan fingerprint density at radius 3 is 2.21 bits per heavy atom. The molecule has 1 aromatic heterocycles. The molecule has 0 unspecified atom stereocenters. The first-order chi connectivity index (χ1) is 28.4. The monoisotopic (exact) mass is 760 g/mol. The van der Waals surface area contributed by atoms with E-state index in [1.54, 1.807) is 0 Å². The minimum atomic E-state index is 0.640. The third kappa shape index (κ3) is 9.49. The second-order valence-corrected chi connectivity index (χ2v) is 14.3. The van der Waals surface area contributed by atoms with Crippen LogP contribution < -0.4 is 26.9 Å². The van der Waals surface area contributed by atoms with E-state index >= 15 is 0 Å². The van der Waals surface area contributed by atoms with Gasteiger partial charge in [-0.2, -0.15) is 0 Å². The number of fused-ring (bicyclic) bond motifs is 2. The molecule has 4 heteroatoms. The van der Waals surface area contributed by atoms with E-state index < -0.39 is 0 Å². The van der Waals surface area contributed by atoms with Gasteiger partial charge in [-0.15, -0.1) is 0 Å². The van der Waals surface area contributed by atoms with Crippen LogP contribution in [0.2, 0.25) is 0 Å². The topological polar surface area (TPSA) is 60.2 Å². The van der Waals surface area contributed by atoms with E-state index in [1.807, 2.05) is 54.6 Å². The molecule has 6 aromatic rings. The Labute approximate surface area is 345 Å². The average Bonchev–Trinajstić information content (AvgIpc) is 3.80. The molecule has 0 bridgehead atoms. The van der Waals surface area contributed by atoms with Gasteiger partial charge in [0.05, 0.1) is 5.52 Å². The highest BCUT2D eigenvalue weighted by Gasteiger charge is 2.25. The first-order valence-corrected chi connectivity index (χ1v) is 20.3. The van der Waals surface area contributed by atoms with Crippen LogP contribution in [0, 0.1) is 0 Å². The van der Waals surface area contributed by atoms with Gasteiger partial charge in [-0.25, -0.2) is 0 Å². The van der Waals surface area contributed by atoms with Gasteiger partial charge in [0.25, 0.3) is 0 Å². The SMILES string of the molecule is C=C/C=C(\C=C/C)N1/C(=C/C=C(\C)c2ccc3c(c2)c(=C/C)/c(=C\CC)n3-c2cccc(C/C=C(\N)c3ccccc3)c2)Cc2ccccc21.NCc1ccccc1. The number of aromatic nitrogens is 1. The molecule has 5 aromatic carbocycles. The molecule has 0 aliphatic carbocycles. The quantitative estimate of drug-likeness (QED) is 0.129. The molecule has 0 spiro atoms. The number of benzene rings is 5. The third-order valence-electron chi connectivity index (χ3n) is 10.4. The number of allylic oxidation sites excluding steroid dienone is 9. The second kappa shape index (κ2) is 20.0. The fourth-order valence-electron chi connectivity index (χ4n) is 7.53. The number of nitrogens with zero attached hydrogens (tertiary/aromatic N) is 2. The Kier molecular flexibility index (Phi) is 14.1. The molecule has 1 aliphatic heterocycles. The number of hydrogen-bond donors (Lipinski definition) is 2. The highest BCUT2D eigenvalue weighted by molar-refractivity contribution is 5.87. The van der Waals surface area contributed by atoms with Gasteiger partial charge in [0.1, 0.15) is 0 Å². The van der Waals surface area contributed by atoms with Crippen LogP contribution in [0.3, 0.4) is 0 Å². The maximum atomic E-state index is 6.44. The zero-order valence-corrected chi connectivity index (χ0v) is 34.4. The Bertz CT molecular complexity index is 2630. The van der Waals surface area contributed by atoms with Crippen LogP contribution >= 0.6 is 0 Å². The number of anilines is 1. The standard InChI is InChI=1S/C47H47N3.C7H9N/c1-6-16-39(17-7-2)49-41(32-38-22-13-14-24-45(38)49)28-25-34(5)37-27-30-47-43(33-37)42(9-4)46(18-8-3)50(47)40-23-15-19-35(31-40)26-29-44(48)36-20-11-10-12-21-36;8-6-7-4-2-1-3-5-7/h6-7,9-25,27-31,33H,1,8,26,32,48H2,2-5H3;1-5H,6,8H2/b17-7-,34-25+,39-16+,41-28+,42-9-,44-29-,46-18+;. The van der Waals surface area contributed by atoms with Gasteiger partial charge < -0.3 is 20.9 Å². The summed E-state index contributed by atoms with van der Waals surface area (Å²) in [5, 5.41) is 3.74. The van der Waals surface area contributed by atoms with Gasteiger partial charge in [-0.05, 0) is 116 Å². The van der Waals surface area contributed by atoms with Crippen molar-refractivity contribution in [2.75, 3.05) is 4.90 Å². The number of hydrogen-bond acceptors (Lipinski definition) is 3. The molecular formula is C54H56N4. The lowest BCUT2D eigenvalue weighted by Crippen LogP contribution is -2.28. The van der Waals surface area contributed by atoms with Gasteiger partial charge >= 0.3 is 0 Å². The van der Waals surface area contributed by atoms with Crippen molar-refractivity contribution >= 4 is 40.0 Å². The summed E-state index contributed by atoms with van der Waals surface area (Å²) in [4.78, 5) is 2.35. The van der Waals surface area contributed by atoms with E-state index in [4.69, 9.17) is 11.5 Å². The molecule has 58 heavy (non-hydrogen) atoms. The smallest absolute Gasteiger partial charge is 0.0541 e. The van der Waals surface area contributed by atoms with Crippen LogP contribution in [0.25, 0.3) is 40.0 Å². The molecule has 0 radical (unpaired) electrons. The van der Waals surface area contributed by atoms with Crippen molar-refractivity contribution in [3.63, 3.8) is 0 Å². The van der Waals surface area contributed by atoms with E-state index in [0.29, 0.717) is 6.54 Å². The van der Waals surface area contributed by atoms with Crippen LogP contribution in [-0.2, 0) is 19.4 Å². The zero-order valence-electron chi connectivity index (χ0n) is 34.4. The lowest BCUT2D eigenvalue weighted by Gasteiger charge is -2.22. The van der Waals surface area contributed by atoms with E-state index in [9.17, 15) is 0 Å². The van der Waals surface area contributed by atoms with Crippen LogP contribution in [0.4, 0.5) is 5.69 Å². The Hall–Kier alpha value is -6.62. The zero-order chi connectivity index (χ0) is 40.9. The van der Waals surface area contributed by atoms with Crippen molar-refractivity contribution in [1.82, 2.24) is 4.57 Å². The van der Waals surface area contributed by atoms with Crippen molar-refractivity contribution in [2.45, 2.75) is 53.5 Å². The van der Waals surface area contributed by atoms with E-state index in [0.717, 1.165) is 41.9 Å².